The SMILES string of the molecule is CCNC(=NCC(C)(C)c1ccc2c(c1)OCCO2)NC1CCN(C(=O)CC)C1. The molecule has 1 aromatic carbocycles. The van der Waals surface area contributed by atoms with Crippen molar-refractivity contribution < 1.29 is 14.3 Å². The molecule has 1 amide bonds. The van der Waals surface area contributed by atoms with Gasteiger partial charge in [-0.15, -0.1) is 0 Å². The number of hydrogen-bond donors (Lipinski definition) is 2. The van der Waals surface area contributed by atoms with Gasteiger partial charge in [-0.1, -0.05) is 26.8 Å². The number of carbonyl (C=O) groups is 1. The summed E-state index contributed by atoms with van der Waals surface area (Å²) >= 11 is 0. The number of benzene rings is 1. The van der Waals surface area contributed by atoms with Crippen LogP contribution >= 0.6 is 0 Å². The van der Waals surface area contributed by atoms with Crippen molar-refractivity contribution in [2.24, 2.45) is 4.99 Å². The zero-order valence-corrected chi connectivity index (χ0v) is 18.1. The summed E-state index contributed by atoms with van der Waals surface area (Å²) in [4.78, 5) is 18.7. The Morgan fingerprint density at radius 2 is 2.00 bits per heavy atom. The van der Waals surface area contributed by atoms with Gasteiger partial charge in [0.15, 0.2) is 17.5 Å². The molecule has 3 rings (SSSR count). The number of ether oxygens (including phenoxy) is 2. The molecule has 1 aromatic rings. The molecule has 7 heteroatoms. The highest BCUT2D eigenvalue weighted by molar-refractivity contribution is 5.80. The van der Waals surface area contributed by atoms with E-state index in [-0.39, 0.29) is 17.4 Å². The number of nitrogens with zero attached hydrogens (tertiary/aromatic N) is 2. The van der Waals surface area contributed by atoms with Gasteiger partial charge < -0.3 is 25.0 Å². The first-order chi connectivity index (χ1) is 13.9. The minimum atomic E-state index is -0.155. The summed E-state index contributed by atoms with van der Waals surface area (Å²) in [5, 5.41) is 6.83. The quantitative estimate of drug-likeness (QED) is 0.564. The van der Waals surface area contributed by atoms with E-state index in [9.17, 15) is 4.79 Å². The fourth-order valence-corrected chi connectivity index (χ4v) is 3.67. The van der Waals surface area contributed by atoms with E-state index in [4.69, 9.17) is 14.5 Å². The van der Waals surface area contributed by atoms with E-state index >= 15 is 0 Å². The van der Waals surface area contributed by atoms with Crippen molar-refractivity contribution >= 4 is 11.9 Å². The molecule has 0 spiro atoms. The Kier molecular flexibility index (Phi) is 6.87. The molecule has 0 bridgehead atoms. The van der Waals surface area contributed by atoms with Crippen LogP contribution in [0.25, 0.3) is 0 Å². The van der Waals surface area contributed by atoms with Gasteiger partial charge in [0, 0.05) is 37.5 Å². The third-order valence-electron chi connectivity index (χ3n) is 5.48. The number of amides is 1. The molecule has 160 valence electrons. The van der Waals surface area contributed by atoms with E-state index in [2.05, 4.69) is 43.5 Å². The maximum Gasteiger partial charge on any atom is 0.222 e. The fourth-order valence-electron chi connectivity index (χ4n) is 3.67. The first-order valence-electron chi connectivity index (χ1n) is 10.7. The van der Waals surface area contributed by atoms with Crippen LogP contribution in [-0.2, 0) is 10.2 Å². The summed E-state index contributed by atoms with van der Waals surface area (Å²) in [7, 11) is 0. The molecule has 29 heavy (non-hydrogen) atoms. The molecule has 0 saturated carbocycles. The Morgan fingerprint density at radius 3 is 2.72 bits per heavy atom. The average molecular weight is 403 g/mol. The highest BCUT2D eigenvalue weighted by Crippen LogP contribution is 2.35. The molecule has 2 aliphatic rings. The maximum atomic E-state index is 11.9. The predicted octanol–water partition coefficient (Wildman–Crippen LogP) is 2.30. The van der Waals surface area contributed by atoms with Crippen molar-refractivity contribution in [3.05, 3.63) is 23.8 Å². The van der Waals surface area contributed by atoms with Gasteiger partial charge in [-0.2, -0.15) is 0 Å². The van der Waals surface area contributed by atoms with E-state index in [0.717, 1.165) is 43.5 Å². The number of guanidine groups is 1. The topological polar surface area (TPSA) is 75.2 Å². The van der Waals surface area contributed by atoms with Crippen LogP contribution in [0.4, 0.5) is 0 Å². The van der Waals surface area contributed by atoms with E-state index in [1.54, 1.807) is 0 Å². The van der Waals surface area contributed by atoms with Gasteiger partial charge in [-0.3, -0.25) is 9.79 Å². The van der Waals surface area contributed by atoms with Crippen LogP contribution in [0.5, 0.6) is 11.5 Å². The second-order valence-corrected chi connectivity index (χ2v) is 8.26. The number of likely N-dealkylation sites (tertiary alicyclic amines) is 1. The summed E-state index contributed by atoms with van der Waals surface area (Å²) in [6.07, 6.45) is 1.51. The summed E-state index contributed by atoms with van der Waals surface area (Å²) in [6.45, 7) is 12.5. The lowest BCUT2D eigenvalue weighted by atomic mass is 9.84. The summed E-state index contributed by atoms with van der Waals surface area (Å²) in [5.74, 6) is 2.63. The second-order valence-electron chi connectivity index (χ2n) is 8.26. The second kappa shape index (κ2) is 9.37. The molecular weight excluding hydrogens is 368 g/mol. The van der Waals surface area contributed by atoms with Crippen LogP contribution in [0.2, 0.25) is 0 Å². The van der Waals surface area contributed by atoms with E-state index < -0.39 is 0 Å². The molecule has 1 saturated heterocycles. The molecule has 2 heterocycles. The number of fused-ring (bicyclic) bond motifs is 1. The molecule has 1 fully saturated rings. The standard InChI is InChI=1S/C22H34N4O3/c1-5-20(27)26-10-9-17(14-26)25-21(23-6-2)24-15-22(3,4)16-7-8-18-19(13-16)29-12-11-28-18/h7-8,13,17H,5-6,9-12,14-15H2,1-4H3,(H2,23,24,25). The molecule has 2 N–H and O–H groups in total. The molecule has 7 nitrogen and oxygen atoms in total. The summed E-state index contributed by atoms with van der Waals surface area (Å²) in [6, 6.07) is 6.38. The highest BCUT2D eigenvalue weighted by Gasteiger charge is 2.27. The van der Waals surface area contributed by atoms with Gasteiger partial charge in [0.05, 0.1) is 6.54 Å². The number of hydrogen-bond acceptors (Lipinski definition) is 4. The molecule has 0 aliphatic carbocycles. The highest BCUT2D eigenvalue weighted by atomic mass is 16.6. The monoisotopic (exact) mass is 402 g/mol. The van der Waals surface area contributed by atoms with Crippen molar-refractivity contribution in [3.63, 3.8) is 0 Å². The van der Waals surface area contributed by atoms with Crippen LogP contribution in [0.15, 0.2) is 23.2 Å². The van der Waals surface area contributed by atoms with Crippen LogP contribution in [0, 0.1) is 0 Å². The Hall–Kier alpha value is -2.44. The number of aliphatic imine (C=N–C) groups is 1. The van der Waals surface area contributed by atoms with Crippen molar-refractivity contribution in [1.82, 2.24) is 15.5 Å². The largest absolute Gasteiger partial charge is 0.486 e. The third-order valence-corrected chi connectivity index (χ3v) is 5.48. The van der Waals surface area contributed by atoms with Crippen LogP contribution in [0.3, 0.4) is 0 Å². The normalized spacial score (nSPS) is 19.2. The maximum absolute atomic E-state index is 11.9. The predicted molar refractivity (Wildman–Crippen MR) is 115 cm³/mol. The van der Waals surface area contributed by atoms with E-state index in [1.807, 2.05) is 17.9 Å². The van der Waals surface area contributed by atoms with Gasteiger partial charge in [0.1, 0.15) is 13.2 Å². The Balaban J connectivity index is 1.65. The zero-order valence-electron chi connectivity index (χ0n) is 18.1. The number of carbonyl (C=O) groups excluding carboxylic acids is 1. The van der Waals surface area contributed by atoms with Crippen LogP contribution in [0.1, 0.15) is 46.1 Å². The zero-order chi connectivity index (χ0) is 20.9. The van der Waals surface area contributed by atoms with Crippen LogP contribution in [-0.4, -0.2) is 62.2 Å². The molecule has 0 aromatic heterocycles. The molecule has 1 atom stereocenters. The summed E-state index contributed by atoms with van der Waals surface area (Å²) < 4.78 is 11.4. The van der Waals surface area contributed by atoms with Gasteiger partial charge in [0.2, 0.25) is 5.91 Å². The number of nitrogens with one attached hydrogen (secondary N) is 2. The minimum absolute atomic E-state index is 0.155. The van der Waals surface area contributed by atoms with Crippen molar-refractivity contribution in [3.8, 4) is 11.5 Å². The van der Waals surface area contributed by atoms with Crippen molar-refractivity contribution in [2.45, 2.75) is 52.0 Å². The van der Waals surface area contributed by atoms with Gasteiger partial charge in [-0.05, 0) is 31.0 Å². The van der Waals surface area contributed by atoms with Gasteiger partial charge in [-0.25, -0.2) is 0 Å². The lowest BCUT2D eigenvalue weighted by Gasteiger charge is -2.27. The molecular formula is C22H34N4O3. The first-order valence-corrected chi connectivity index (χ1v) is 10.7. The molecule has 2 aliphatic heterocycles. The smallest absolute Gasteiger partial charge is 0.222 e. The first kappa shape index (κ1) is 21.3. The fraction of sp³-hybridized carbons (Fsp3) is 0.636. The molecule has 1 unspecified atom stereocenters. The third kappa shape index (κ3) is 5.34. The minimum Gasteiger partial charge on any atom is -0.486 e. The Labute approximate surface area is 173 Å². The van der Waals surface area contributed by atoms with Gasteiger partial charge >= 0.3 is 0 Å². The van der Waals surface area contributed by atoms with E-state index in [1.165, 1.54) is 5.56 Å². The van der Waals surface area contributed by atoms with Gasteiger partial charge in [0.25, 0.3) is 0 Å². The average Bonchev–Trinajstić information content (AvgIpc) is 3.20. The lowest BCUT2D eigenvalue weighted by Crippen LogP contribution is -2.45. The lowest BCUT2D eigenvalue weighted by molar-refractivity contribution is -0.129. The van der Waals surface area contributed by atoms with Crippen molar-refractivity contribution in [1.29, 1.82) is 0 Å². The summed E-state index contributed by atoms with van der Waals surface area (Å²) in [5.41, 5.74) is 1.01. The van der Waals surface area contributed by atoms with E-state index in [0.29, 0.717) is 26.2 Å². The van der Waals surface area contributed by atoms with Crippen molar-refractivity contribution in [2.75, 3.05) is 39.4 Å². The molecule has 0 radical (unpaired) electrons. The Bertz CT molecular complexity index is 748. The number of rotatable bonds is 6. The Morgan fingerprint density at radius 1 is 1.24 bits per heavy atom. The van der Waals surface area contributed by atoms with Crippen LogP contribution < -0.4 is 20.1 Å².